The molecule has 0 saturated carbocycles. The third-order valence-corrected chi connectivity index (χ3v) is 2.73. The topological polar surface area (TPSA) is 105 Å². The van der Waals surface area contributed by atoms with E-state index in [0.717, 1.165) is 0 Å². The smallest absolute Gasteiger partial charge is 0.271 e. The Morgan fingerprint density at radius 2 is 1.76 bits per heavy atom. The predicted molar refractivity (Wildman–Crippen MR) is 78.1 cm³/mol. The van der Waals surface area contributed by atoms with Crippen LogP contribution in [0.5, 0.6) is 5.75 Å². The fourth-order valence-corrected chi connectivity index (χ4v) is 1.67. The largest absolute Gasteiger partial charge is 0.508 e. The molecule has 2 rings (SSSR count). The second-order valence-corrected chi connectivity index (χ2v) is 4.20. The lowest BCUT2D eigenvalue weighted by molar-refractivity contribution is 0.0954. The molecule has 0 aliphatic carbocycles. The average molecular weight is 283 g/mol. The maximum atomic E-state index is 11.8. The second kappa shape index (κ2) is 6.33. The molecule has 0 heterocycles. The zero-order valence-corrected chi connectivity index (χ0v) is 11.0. The number of hydrogen-bond acceptors (Lipinski definition) is 4. The van der Waals surface area contributed by atoms with Gasteiger partial charge in [-0.1, -0.05) is 18.2 Å². The van der Waals surface area contributed by atoms with E-state index in [1.165, 1.54) is 30.5 Å². The van der Waals surface area contributed by atoms with Gasteiger partial charge in [-0.05, 0) is 30.3 Å². The number of hydrogen-bond donors (Lipinski definition) is 3. The Kier molecular flexibility index (Phi) is 4.30. The van der Waals surface area contributed by atoms with Gasteiger partial charge >= 0.3 is 0 Å². The molecule has 2 aromatic carbocycles. The van der Waals surface area contributed by atoms with E-state index < -0.39 is 11.8 Å². The molecule has 6 heteroatoms. The summed E-state index contributed by atoms with van der Waals surface area (Å²) >= 11 is 0. The molecular weight excluding hydrogens is 270 g/mol. The zero-order chi connectivity index (χ0) is 15.2. The summed E-state index contributed by atoms with van der Waals surface area (Å²) < 4.78 is 0. The van der Waals surface area contributed by atoms with Crippen molar-refractivity contribution in [1.29, 1.82) is 0 Å². The third kappa shape index (κ3) is 3.66. The standard InChI is InChI=1S/C15H13N3O3/c16-14(20)13-4-2-1-3-11(13)9-17-18-15(21)10-5-7-12(19)8-6-10/h1-9,19H,(H2,16,20)(H,18,21). The van der Waals surface area contributed by atoms with Crippen LogP contribution in [0.3, 0.4) is 0 Å². The Labute approximate surface area is 120 Å². The molecule has 4 N–H and O–H groups in total. The van der Waals surface area contributed by atoms with Crippen LogP contribution in [-0.4, -0.2) is 23.1 Å². The SMILES string of the molecule is NC(=O)c1ccccc1C=NNC(=O)c1ccc(O)cc1. The molecule has 0 unspecified atom stereocenters. The highest BCUT2D eigenvalue weighted by Gasteiger charge is 2.06. The van der Waals surface area contributed by atoms with E-state index in [0.29, 0.717) is 16.7 Å². The first-order chi connectivity index (χ1) is 10.1. The highest BCUT2D eigenvalue weighted by atomic mass is 16.3. The normalized spacial score (nSPS) is 10.5. The van der Waals surface area contributed by atoms with Gasteiger partial charge in [0, 0.05) is 16.7 Å². The minimum Gasteiger partial charge on any atom is -0.508 e. The molecule has 106 valence electrons. The van der Waals surface area contributed by atoms with Gasteiger partial charge in [-0.3, -0.25) is 9.59 Å². The summed E-state index contributed by atoms with van der Waals surface area (Å²) in [6.45, 7) is 0. The number of hydrazone groups is 1. The molecule has 0 radical (unpaired) electrons. The van der Waals surface area contributed by atoms with E-state index in [1.807, 2.05) is 0 Å². The number of nitrogens with one attached hydrogen (secondary N) is 1. The maximum absolute atomic E-state index is 11.8. The van der Waals surface area contributed by atoms with Crippen LogP contribution in [0, 0.1) is 0 Å². The number of phenols is 1. The quantitative estimate of drug-likeness (QED) is 0.581. The predicted octanol–water partition coefficient (Wildman–Crippen LogP) is 1.26. The molecule has 0 atom stereocenters. The van der Waals surface area contributed by atoms with E-state index in [2.05, 4.69) is 10.5 Å². The van der Waals surface area contributed by atoms with E-state index >= 15 is 0 Å². The Hall–Kier alpha value is -3.15. The zero-order valence-electron chi connectivity index (χ0n) is 11.0. The summed E-state index contributed by atoms with van der Waals surface area (Å²) in [5.74, 6) is -0.921. The molecule has 0 fully saturated rings. The van der Waals surface area contributed by atoms with E-state index in [-0.39, 0.29) is 5.75 Å². The number of amides is 2. The van der Waals surface area contributed by atoms with Crippen molar-refractivity contribution in [1.82, 2.24) is 5.43 Å². The number of primary amides is 1. The van der Waals surface area contributed by atoms with Crippen LogP contribution < -0.4 is 11.2 Å². The van der Waals surface area contributed by atoms with Crippen LogP contribution >= 0.6 is 0 Å². The molecule has 2 aromatic rings. The highest BCUT2D eigenvalue weighted by Crippen LogP contribution is 2.09. The fraction of sp³-hybridized carbons (Fsp3) is 0. The van der Waals surface area contributed by atoms with Crippen molar-refractivity contribution in [3.63, 3.8) is 0 Å². The highest BCUT2D eigenvalue weighted by molar-refractivity contribution is 6.02. The number of aromatic hydroxyl groups is 1. The van der Waals surface area contributed by atoms with Crippen LogP contribution in [-0.2, 0) is 0 Å². The van der Waals surface area contributed by atoms with Gasteiger partial charge in [0.15, 0.2) is 0 Å². The van der Waals surface area contributed by atoms with Crippen LogP contribution in [0.4, 0.5) is 0 Å². The van der Waals surface area contributed by atoms with E-state index in [4.69, 9.17) is 10.8 Å². The van der Waals surface area contributed by atoms with Gasteiger partial charge in [-0.15, -0.1) is 0 Å². The summed E-state index contributed by atoms with van der Waals surface area (Å²) in [6, 6.07) is 12.4. The molecule has 0 aliphatic heterocycles. The number of nitrogens with two attached hydrogens (primary N) is 1. The maximum Gasteiger partial charge on any atom is 0.271 e. The van der Waals surface area contributed by atoms with Crippen LogP contribution in [0.1, 0.15) is 26.3 Å². The first-order valence-corrected chi connectivity index (χ1v) is 6.09. The van der Waals surface area contributed by atoms with Crippen LogP contribution in [0.15, 0.2) is 53.6 Å². The molecule has 0 aromatic heterocycles. The lowest BCUT2D eigenvalue weighted by Crippen LogP contribution is -2.18. The van der Waals surface area contributed by atoms with Gasteiger partial charge in [0.05, 0.1) is 6.21 Å². The van der Waals surface area contributed by atoms with Gasteiger partial charge in [0.25, 0.3) is 5.91 Å². The monoisotopic (exact) mass is 283 g/mol. The number of benzene rings is 2. The summed E-state index contributed by atoms with van der Waals surface area (Å²) in [5, 5.41) is 12.9. The van der Waals surface area contributed by atoms with Crippen molar-refractivity contribution in [2.75, 3.05) is 0 Å². The van der Waals surface area contributed by atoms with Crippen molar-refractivity contribution in [2.24, 2.45) is 10.8 Å². The van der Waals surface area contributed by atoms with Gasteiger partial charge in [-0.2, -0.15) is 5.10 Å². The number of carbonyl (C=O) groups is 2. The van der Waals surface area contributed by atoms with Crippen molar-refractivity contribution in [2.45, 2.75) is 0 Å². The number of nitrogens with zero attached hydrogens (tertiary/aromatic N) is 1. The molecule has 2 amide bonds. The van der Waals surface area contributed by atoms with Gasteiger partial charge in [0.2, 0.25) is 5.91 Å². The Morgan fingerprint density at radius 3 is 2.43 bits per heavy atom. The number of rotatable bonds is 4. The van der Waals surface area contributed by atoms with Crippen LogP contribution in [0.2, 0.25) is 0 Å². The third-order valence-electron chi connectivity index (χ3n) is 2.73. The second-order valence-electron chi connectivity index (χ2n) is 4.20. The first kappa shape index (κ1) is 14.3. The first-order valence-electron chi connectivity index (χ1n) is 6.09. The van der Waals surface area contributed by atoms with Crippen LogP contribution in [0.25, 0.3) is 0 Å². The van der Waals surface area contributed by atoms with Gasteiger partial charge < -0.3 is 10.8 Å². The Morgan fingerprint density at radius 1 is 1.10 bits per heavy atom. The minimum absolute atomic E-state index is 0.0745. The molecule has 21 heavy (non-hydrogen) atoms. The average Bonchev–Trinajstić information content (AvgIpc) is 2.48. The number of carbonyl (C=O) groups excluding carboxylic acids is 2. The van der Waals surface area contributed by atoms with Gasteiger partial charge in [0.1, 0.15) is 5.75 Å². The molecule has 0 spiro atoms. The van der Waals surface area contributed by atoms with E-state index in [9.17, 15) is 9.59 Å². The summed E-state index contributed by atoms with van der Waals surface area (Å²) in [5.41, 5.74) is 8.75. The molecule has 0 bridgehead atoms. The Bertz CT molecular complexity index is 694. The van der Waals surface area contributed by atoms with E-state index in [1.54, 1.807) is 24.3 Å². The summed E-state index contributed by atoms with van der Waals surface area (Å²) in [6.07, 6.45) is 1.35. The fourth-order valence-electron chi connectivity index (χ4n) is 1.67. The van der Waals surface area contributed by atoms with Crippen molar-refractivity contribution >= 4 is 18.0 Å². The molecular formula is C15H13N3O3. The van der Waals surface area contributed by atoms with Crippen molar-refractivity contribution in [3.05, 3.63) is 65.2 Å². The van der Waals surface area contributed by atoms with Gasteiger partial charge in [-0.25, -0.2) is 5.43 Å². The lowest BCUT2D eigenvalue weighted by Gasteiger charge is -2.02. The molecule has 6 nitrogen and oxygen atoms in total. The lowest BCUT2D eigenvalue weighted by atomic mass is 10.1. The summed E-state index contributed by atoms with van der Waals surface area (Å²) in [7, 11) is 0. The molecule has 0 aliphatic rings. The number of phenolic OH excluding ortho intramolecular Hbond substituents is 1. The molecule has 0 saturated heterocycles. The Balaban J connectivity index is 2.07. The van der Waals surface area contributed by atoms with Crippen molar-refractivity contribution in [3.8, 4) is 5.75 Å². The van der Waals surface area contributed by atoms with Crippen molar-refractivity contribution < 1.29 is 14.7 Å². The minimum atomic E-state index is -0.568. The summed E-state index contributed by atoms with van der Waals surface area (Å²) in [4.78, 5) is 23.0.